The number of nitrogens with two attached hydrogens (primary N) is 2. The second-order valence-electron chi connectivity index (χ2n) is 1.74. The van der Waals surface area contributed by atoms with Crippen molar-refractivity contribution in [1.29, 1.82) is 0 Å². The average molecular weight is 153 g/mol. The van der Waals surface area contributed by atoms with Crippen molar-refractivity contribution >= 4 is 18.3 Å². The van der Waals surface area contributed by atoms with Crippen LogP contribution in [0.3, 0.4) is 0 Å². The fourth-order valence-corrected chi connectivity index (χ4v) is 0.484. The minimum atomic E-state index is -0.296. The van der Waals surface area contributed by atoms with Gasteiger partial charge in [0, 0.05) is 12.5 Å². The summed E-state index contributed by atoms with van der Waals surface area (Å²) in [6, 6.07) is 0. The Morgan fingerprint density at radius 2 is 2.11 bits per heavy atom. The van der Waals surface area contributed by atoms with Crippen molar-refractivity contribution in [3.63, 3.8) is 0 Å². The van der Waals surface area contributed by atoms with E-state index < -0.39 is 0 Å². The molecular weight excluding hydrogens is 140 g/mol. The van der Waals surface area contributed by atoms with E-state index in [4.69, 9.17) is 11.5 Å². The summed E-state index contributed by atoms with van der Waals surface area (Å²) < 4.78 is 0. The van der Waals surface area contributed by atoms with Crippen LogP contribution < -0.4 is 11.5 Å². The summed E-state index contributed by atoms with van der Waals surface area (Å²) in [4.78, 5) is 10.3. The number of amides is 1. The fourth-order valence-electron chi connectivity index (χ4n) is 0.484. The highest BCUT2D eigenvalue weighted by atomic mass is 35.5. The molecule has 0 rings (SSSR count). The van der Waals surface area contributed by atoms with Crippen molar-refractivity contribution in [3.05, 3.63) is 0 Å². The molecule has 1 unspecified atom stereocenters. The van der Waals surface area contributed by atoms with Gasteiger partial charge in [0.05, 0.1) is 0 Å². The molecule has 0 bridgehead atoms. The van der Waals surface area contributed by atoms with Crippen molar-refractivity contribution in [3.8, 4) is 0 Å². The summed E-state index contributed by atoms with van der Waals surface area (Å²) in [5, 5.41) is 0. The lowest BCUT2D eigenvalue weighted by atomic mass is 10.1. The topological polar surface area (TPSA) is 69.1 Å². The highest BCUT2D eigenvalue weighted by molar-refractivity contribution is 5.85. The Balaban J connectivity index is 0. The van der Waals surface area contributed by atoms with Crippen molar-refractivity contribution in [2.75, 3.05) is 6.54 Å². The van der Waals surface area contributed by atoms with Gasteiger partial charge in [0.2, 0.25) is 5.91 Å². The summed E-state index contributed by atoms with van der Waals surface area (Å²) in [5.41, 5.74) is 10.1. The van der Waals surface area contributed by atoms with Crippen LogP contribution in [-0.4, -0.2) is 12.5 Å². The first kappa shape index (κ1) is 11.5. The highest BCUT2D eigenvalue weighted by Crippen LogP contribution is 1.95. The Kier molecular flexibility index (Phi) is 7.48. The number of carbonyl (C=O) groups excluding carboxylic acids is 1. The zero-order chi connectivity index (χ0) is 6.57. The normalized spacial score (nSPS) is 11.8. The molecule has 4 N–H and O–H groups in total. The predicted molar refractivity (Wildman–Crippen MR) is 39.3 cm³/mol. The first-order valence-corrected chi connectivity index (χ1v) is 2.71. The Bertz CT molecular complexity index is 83.0. The van der Waals surface area contributed by atoms with Crippen LogP contribution >= 0.6 is 12.4 Å². The molecule has 0 saturated heterocycles. The van der Waals surface area contributed by atoms with Gasteiger partial charge in [-0.1, -0.05) is 6.92 Å². The van der Waals surface area contributed by atoms with Gasteiger partial charge >= 0.3 is 0 Å². The van der Waals surface area contributed by atoms with E-state index in [1.807, 2.05) is 6.92 Å². The predicted octanol–water partition coefficient (Wildman–Crippen LogP) is -0.122. The van der Waals surface area contributed by atoms with Gasteiger partial charge in [0.15, 0.2) is 0 Å². The van der Waals surface area contributed by atoms with Crippen molar-refractivity contribution in [2.24, 2.45) is 17.4 Å². The lowest BCUT2D eigenvalue weighted by molar-refractivity contribution is -0.121. The van der Waals surface area contributed by atoms with E-state index in [-0.39, 0.29) is 24.2 Å². The minimum absolute atomic E-state index is 0. The van der Waals surface area contributed by atoms with Crippen LogP contribution in [0.4, 0.5) is 0 Å². The quantitative estimate of drug-likeness (QED) is 0.592. The molecule has 0 fully saturated rings. The summed E-state index contributed by atoms with van der Waals surface area (Å²) in [5.74, 6) is -0.426. The van der Waals surface area contributed by atoms with Crippen molar-refractivity contribution in [2.45, 2.75) is 13.3 Å². The zero-order valence-corrected chi connectivity index (χ0v) is 6.28. The molecule has 0 heterocycles. The number of halogens is 1. The fraction of sp³-hybridized carbons (Fsp3) is 0.800. The maximum absolute atomic E-state index is 10.3. The third kappa shape index (κ3) is 4.24. The third-order valence-corrected chi connectivity index (χ3v) is 1.18. The van der Waals surface area contributed by atoms with E-state index in [0.717, 1.165) is 6.42 Å². The molecule has 0 radical (unpaired) electrons. The van der Waals surface area contributed by atoms with Crippen LogP contribution in [0.2, 0.25) is 0 Å². The summed E-state index contributed by atoms with van der Waals surface area (Å²) in [7, 11) is 0. The van der Waals surface area contributed by atoms with E-state index in [0.29, 0.717) is 6.54 Å². The number of hydrogen-bond acceptors (Lipinski definition) is 2. The Morgan fingerprint density at radius 1 is 1.67 bits per heavy atom. The van der Waals surface area contributed by atoms with Gasteiger partial charge in [0.25, 0.3) is 0 Å². The first-order valence-electron chi connectivity index (χ1n) is 2.71. The molecule has 1 amide bonds. The second kappa shape index (κ2) is 5.85. The van der Waals surface area contributed by atoms with Gasteiger partial charge in [-0.25, -0.2) is 0 Å². The molecule has 0 aliphatic carbocycles. The van der Waals surface area contributed by atoms with Crippen molar-refractivity contribution in [1.82, 2.24) is 0 Å². The molecule has 0 aliphatic heterocycles. The molecule has 3 nitrogen and oxygen atoms in total. The largest absolute Gasteiger partial charge is 0.369 e. The molecule has 56 valence electrons. The number of hydrogen-bond donors (Lipinski definition) is 2. The SMILES string of the molecule is CCC(CN)C(N)=O.Cl. The van der Waals surface area contributed by atoms with Crippen LogP contribution in [0.5, 0.6) is 0 Å². The van der Waals surface area contributed by atoms with Gasteiger partial charge in [-0.05, 0) is 6.42 Å². The van der Waals surface area contributed by atoms with E-state index >= 15 is 0 Å². The number of primary amides is 1. The molecule has 4 heteroatoms. The van der Waals surface area contributed by atoms with Gasteiger partial charge in [-0.15, -0.1) is 12.4 Å². The van der Waals surface area contributed by atoms with Crippen LogP contribution in [0.25, 0.3) is 0 Å². The third-order valence-electron chi connectivity index (χ3n) is 1.18. The minimum Gasteiger partial charge on any atom is -0.369 e. The van der Waals surface area contributed by atoms with Crippen LogP contribution in [0.15, 0.2) is 0 Å². The molecule has 0 spiro atoms. The molecule has 0 aromatic rings. The average Bonchev–Trinajstić information content (AvgIpc) is 1.69. The Morgan fingerprint density at radius 3 is 2.11 bits per heavy atom. The summed E-state index contributed by atoms with van der Waals surface area (Å²) in [6.45, 7) is 2.26. The molecule has 0 aliphatic rings. The van der Waals surface area contributed by atoms with Crippen LogP contribution in [0.1, 0.15) is 13.3 Å². The highest BCUT2D eigenvalue weighted by Gasteiger charge is 2.08. The maximum Gasteiger partial charge on any atom is 0.221 e. The lowest BCUT2D eigenvalue weighted by Gasteiger charge is -2.04. The lowest BCUT2D eigenvalue weighted by Crippen LogP contribution is -2.28. The van der Waals surface area contributed by atoms with Gasteiger partial charge in [-0.2, -0.15) is 0 Å². The molecule has 0 saturated carbocycles. The molecular formula is C5H13ClN2O. The monoisotopic (exact) mass is 152 g/mol. The van der Waals surface area contributed by atoms with Crippen molar-refractivity contribution < 1.29 is 4.79 Å². The molecule has 9 heavy (non-hydrogen) atoms. The van der Waals surface area contributed by atoms with E-state index in [9.17, 15) is 4.79 Å². The van der Waals surface area contributed by atoms with E-state index in [1.165, 1.54) is 0 Å². The maximum atomic E-state index is 10.3. The van der Waals surface area contributed by atoms with E-state index in [1.54, 1.807) is 0 Å². The van der Waals surface area contributed by atoms with Crippen LogP contribution in [-0.2, 0) is 4.79 Å². The Labute approximate surface area is 61.2 Å². The molecule has 0 aromatic heterocycles. The standard InChI is InChI=1S/C5H12N2O.ClH/c1-2-4(3-6)5(7)8;/h4H,2-3,6H2,1H3,(H2,7,8);1H. The number of carbonyl (C=O) groups is 1. The van der Waals surface area contributed by atoms with Gasteiger partial charge < -0.3 is 11.5 Å². The van der Waals surface area contributed by atoms with Gasteiger partial charge in [0.1, 0.15) is 0 Å². The molecule has 0 aromatic carbocycles. The van der Waals surface area contributed by atoms with E-state index in [2.05, 4.69) is 0 Å². The summed E-state index contributed by atoms with van der Waals surface area (Å²) >= 11 is 0. The number of rotatable bonds is 3. The second-order valence-corrected chi connectivity index (χ2v) is 1.74. The summed E-state index contributed by atoms with van der Waals surface area (Å²) in [6.07, 6.45) is 0.742. The molecule has 1 atom stereocenters. The first-order chi connectivity index (χ1) is 3.72. The smallest absolute Gasteiger partial charge is 0.221 e. The van der Waals surface area contributed by atoms with Crippen LogP contribution in [0, 0.1) is 5.92 Å². The Hall–Kier alpha value is -0.280. The van der Waals surface area contributed by atoms with Gasteiger partial charge in [-0.3, -0.25) is 4.79 Å². The zero-order valence-electron chi connectivity index (χ0n) is 5.46.